The van der Waals surface area contributed by atoms with Crippen LogP contribution in [0, 0.1) is 0 Å². The van der Waals surface area contributed by atoms with Crippen molar-refractivity contribution in [1.82, 2.24) is 0 Å². The van der Waals surface area contributed by atoms with Crippen LogP contribution in [0.4, 0.5) is 0 Å². The van der Waals surface area contributed by atoms with Crippen LogP contribution in [-0.2, 0) is 4.43 Å². The molecule has 0 aromatic rings. The van der Waals surface area contributed by atoms with Gasteiger partial charge < -0.3 is 10.2 Å². The topological polar surface area (TPSA) is 35.2 Å². The highest BCUT2D eigenvalue weighted by atomic mass is 28.4. The minimum Gasteiger partial charge on any atom is -0.418 e. The lowest BCUT2D eigenvalue weighted by Gasteiger charge is -2.16. The Morgan fingerprint density at radius 1 is 1.20 bits per heavy atom. The number of nitrogens with two attached hydrogens (primary N) is 1. The first kappa shape index (κ1) is 10.1. The summed E-state index contributed by atoms with van der Waals surface area (Å²) in [4.78, 5) is 0. The van der Waals surface area contributed by atoms with Crippen molar-refractivity contribution in [2.75, 3.05) is 13.2 Å². The van der Waals surface area contributed by atoms with Crippen LogP contribution in [0.1, 0.15) is 12.8 Å². The van der Waals surface area contributed by atoms with Crippen LogP contribution in [0.3, 0.4) is 0 Å². The van der Waals surface area contributed by atoms with Crippen LogP contribution >= 0.6 is 0 Å². The molecule has 0 spiro atoms. The fourth-order valence-electron chi connectivity index (χ4n) is 0.625. The molecule has 0 saturated heterocycles. The summed E-state index contributed by atoms with van der Waals surface area (Å²) in [6.07, 6.45) is 2.20. The van der Waals surface area contributed by atoms with Gasteiger partial charge in [-0.25, -0.2) is 0 Å². The van der Waals surface area contributed by atoms with Crippen molar-refractivity contribution in [2.45, 2.75) is 32.5 Å². The molecule has 0 heterocycles. The minimum atomic E-state index is -1.25. The summed E-state index contributed by atoms with van der Waals surface area (Å²) in [5, 5.41) is 0. The molecule has 0 saturated carbocycles. The lowest BCUT2D eigenvalue weighted by Crippen LogP contribution is -2.25. The van der Waals surface area contributed by atoms with Crippen molar-refractivity contribution in [2.24, 2.45) is 5.73 Å². The molecule has 0 aromatic carbocycles. The number of unbranched alkanes of at least 4 members (excludes halogenated alkanes) is 1. The van der Waals surface area contributed by atoms with E-state index in [4.69, 9.17) is 10.2 Å². The van der Waals surface area contributed by atoms with E-state index in [1.807, 2.05) is 0 Å². The minimum absolute atomic E-state index is 0.787. The van der Waals surface area contributed by atoms with Gasteiger partial charge in [-0.2, -0.15) is 0 Å². The molecule has 10 heavy (non-hydrogen) atoms. The Morgan fingerprint density at radius 2 is 1.80 bits per heavy atom. The van der Waals surface area contributed by atoms with Crippen LogP contribution in [0.2, 0.25) is 19.6 Å². The average Bonchev–Trinajstić information content (AvgIpc) is 1.78. The lowest BCUT2D eigenvalue weighted by molar-refractivity contribution is 0.302. The lowest BCUT2D eigenvalue weighted by atomic mass is 10.3. The maximum Gasteiger partial charge on any atom is 0.183 e. The maximum absolute atomic E-state index is 5.61. The number of hydrogen-bond donors (Lipinski definition) is 1. The first-order valence-corrected chi connectivity index (χ1v) is 7.31. The molecule has 0 amide bonds. The summed E-state index contributed by atoms with van der Waals surface area (Å²) in [5.74, 6) is 0. The summed E-state index contributed by atoms with van der Waals surface area (Å²) >= 11 is 0. The van der Waals surface area contributed by atoms with E-state index in [0.717, 1.165) is 26.0 Å². The van der Waals surface area contributed by atoms with Gasteiger partial charge in [0.05, 0.1) is 0 Å². The molecule has 62 valence electrons. The van der Waals surface area contributed by atoms with Gasteiger partial charge in [-0.1, -0.05) is 0 Å². The molecular weight excluding hydrogens is 142 g/mol. The fraction of sp³-hybridized carbons (Fsp3) is 1.00. The SMILES string of the molecule is C[Si](C)(C)OCCCCN. The van der Waals surface area contributed by atoms with Crippen molar-refractivity contribution in [3.05, 3.63) is 0 Å². The molecule has 0 bridgehead atoms. The molecule has 0 unspecified atom stereocenters. The zero-order chi connectivity index (χ0) is 8.04. The average molecular weight is 161 g/mol. The smallest absolute Gasteiger partial charge is 0.183 e. The Morgan fingerprint density at radius 3 is 2.20 bits per heavy atom. The van der Waals surface area contributed by atoms with Gasteiger partial charge in [0.1, 0.15) is 0 Å². The van der Waals surface area contributed by atoms with Gasteiger partial charge in [-0.05, 0) is 39.0 Å². The normalized spacial score (nSPS) is 12.0. The van der Waals surface area contributed by atoms with E-state index in [9.17, 15) is 0 Å². The quantitative estimate of drug-likeness (QED) is 0.491. The predicted molar refractivity (Wildman–Crippen MR) is 47.6 cm³/mol. The summed E-state index contributed by atoms with van der Waals surface area (Å²) in [5.41, 5.74) is 5.33. The Bertz CT molecular complexity index is 80.2. The van der Waals surface area contributed by atoms with Gasteiger partial charge in [-0.3, -0.25) is 0 Å². The van der Waals surface area contributed by atoms with Gasteiger partial charge in [-0.15, -0.1) is 0 Å². The number of rotatable bonds is 5. The first-order chi connectivity index (χ1) is 4.56. The summed E-state index contributed by atoms with van der Waals surface area (Å²) in [6.45, 7) is 8.29. The molecule has 0 rings (SSSR count). The highest BCUT2D eigenvalue weighted by molar-refractivity contribution is 6.69. The highest BCUT2D eigenvalue weighted by Crippen LogP contribution is 2.03. The Labute approximate surface area is 64.9 Å². The van der Waals surface area contributed by atoms with Gasteiger partial charge in [0, 0.05) is 6.61 Å². The predicted octanol–water partition coefficient (Wildman–Crippen LogP) is 1.58. The van der Waals surface area contributed by atoms with Gasteiger partial charge >= 0.3 is 0 Å². The Balaban J connectivity index is 3.04. The van der Waals surface area contributed by atoms with Crippen LogP contribution in [0.5, 0.6) is 0 Å². The number of hydrogen-bond acceptors (Lipinski definition) is 2. The maximum atomic E-state index is 5.61. The molecule has 0 fully saturated rings. The molecule has 0 radical (unpaired) electrons. The summed E-state index contributed by atoms with van der Waals surface area (Å²) < 4.78 is 5.61. The Kier molecular flexibility index (Phi) is 4.94. The standard InChI is InChI=1S/C7H19NOSi/c1-10(2,3)9-7-5-4-6-8/h4-8H2,1-3H3. The molecule has 0 aliphatic heterocycles. The van der Waals surface area contributed by atoms with Crippen LogP contribution < -0.4 is 5.73 Å². The summed E-state index contributed by atoms with van der Waals surface area (Å²) in [6, 6.07) is 0. The monoisotopic (exact) mass is 161 g/mol. The molecule has 0 aliphatic carbocycles. The fourth-order valence-corrected chi connectivity index (χ4v) is 1.38. The molecule has 2 N–H and O–H groups in total. The van der Waals surface area contributed by atoms with E-state index in [2.05, 4.69) is 19.6 Å². The van der Waals surface area contributed by atoms with Crippen molar-refractivity contribution < 1.29 is 4.43 Å². The Hall–Kier alpha value is 0.137. The van der Waals surface area contributed by atoms with E-state index in [1.165, 1.54) is 0 Å². The molecule has 0 aliphatic rings. The largest absolute Gasteiger partial charge is 0.418 e. The van der Waals surface area contributed by atoms with Crippen LogP contribution in [0.15, 0.2) is 0 Å². The second-order valence-electron chi connectivity index (χ2n) is 3.46. The molecular formula is C7H19NOSi. The van der Waals surface area contributed by atoms with Crippen molar-refractivity contribution in [3.63, 3.8) is 0 Å². The van der Waals surface area contributed by atoms with E-state index in [-0.39, 0.29) is 0 Å². The first-order valence-electron chi connectivity index (χ1n) is 3.90. The van der Waals surface area contributed by atoms with E-state index in [1.54, 1.807) is 0 Å². The second kappa shape index (κ2) is 4.88. The summed E-state index contributed by atoms with van der Waals surface area (Å²) in [7, 11) is -1.25. The molecule has 3 heteroatoms. The van der Waals surface area contributed by atoms with Crippen LogP contribution in [-0.4, -0.2) is 21.5 Å². The molecule has 0 aromatic heterocycles. The van der Waals surface area contributed by atoms with Gasteiger partial charge in [0.15, 0.2) is 8.32 Å². The van der Waals surface area contributed by atoms with Crippen molar-refractivity contribution in [1.29, 1.82) is 0 Å². The second-order valence-corrected chi connectivity index (χ2v) is 7.97. The molecule has 0 atom stereocenters. The third kappa shape index (κ3) is 8.14. The highest BCUT2D eigenvalue weighted by Gasteiger charge is 2.12. The van der Waals surface area contributed by atoms with Gasteiger partial charge in [0.2, 0.25) is 0 Å². The van der Waals surface area contributed by atoms with Gasteiger partial charge in [0.25, 0.3) is 0 Å². The van der Waals surface area contributed by atoms with Crippen LogP contribution in [0.25, 0.3) is 0 Å². The third-order valence-electron chi connectivity index (χ3n) is 1.13. The van der Waals surface area contributed by atoms with E-state index < -0.39 is 8.32 Å². The zero-order valence-electron chi connectivity index (χ0n) is 7.31. The van der Waals surface area contributed by atoms with E-state index in [0.29, 0.717) is 0 Å². The molecule has 2 nitrogen and oxygen atoms in total. The van der Waals surface area contributed by atoms with E-state index >= 15 is 0 Å². The van der Waals surface area contributed by atoms with Crippen molar-refractivity contribution >= 4 is 8.32 Å². The van der Waals surface area contributed by atoms with Crippen molar-refractivity contribution in [3.8, 4) is 0 Å². The third-order valence-corrected chi connectivity index (χ3v) is 2.20. The zero-order valence-corrected chi connectivity index (χ0v) is 8.31.